The van der Waals surface area contributed by atoms with Crippen molar-refractivity contribution in [2.24, 2.45) is 0 Å². The zero-order chi connectivity index (χ0) is 19.3. The first kappa shape index (κ1) is 19.3. The average Bonchev–Trinajstić information content (AvgIpc) is 3.19. The lowest BCUT2D eigenvalue weighted by Gasteiger charge is -2.15. The predicted molar refractivity (Wildman–Crippen MR) is 101 cm³/mol. The summed E-state index contributed by atoms with van der Waals surface area (Å²) in [4.78, 5) is 11.5. The van der Waals surface area contributed by atoms with Gasteiger partial charge in [0.25, 0.3) is 0 Å². The second-order valence-electron chi connectivity index (χ2n) is 6.34. The molecule has 1 heterocycles. The van der Waals surface area contributed by atoms with E-state index in [2.05, 4.69) is 10.0 Å². The zero-order valence-electron chi connectivity index (χ0n) is 14.7. The van der Waals surface area contributed by atoms with Crippen molar-refractivity contribution in [2.75, 3.05) is 18.5 Å². The Morgan fingerprint density at radius 1 is 1.19 bits per heavy atom. The maximum atomic E-state index is 12.5. The third-order valence-electron chi connectivity index (χ3n) is 4.39. The van der Waals surface area contributed by atoms with Gasteiger partial charge in [-0.2, -0.15) is 0 Å². The van der Waals surface area contributed by atoms with E-state index < -0.39 is 16.0 Å². The monoisotopic (exact) mass is 390 g/mol. The van der Waals surface area contributed by atoms with Crippen molar-refractivity contribution in [1.29, 1.82) is 0 Å². The van der Waals surface area contributed by atoms with E-state index in [0.717, 1.165) is 18.4 Å². The molecule has 7 nitrogen and oxygen atoms in total. The molecule has 0 radical (unpaired) electrons. The van der Waals surface area contributed by atoms with E-state index in [-0.39, 0.29) is 23.1 Å². The number of carbonyl (C=O) groups is 1. The molecule has 0 saturated carbocycles. The molecule has 1 aliphatic heterocycles. The van der Waals surface area contributed by atoms with Crippen molar-refractivity contribution >= 4 is 21.7 Å². The van der Waals surface area contributed by atoms with Crippen LogP contribution in [0.3, 0.4) is 0 Å². The highest BCUT2D eigenvalue weighted by atomic mass is 32.2. The first-order valence-corrected chi connectivity index (χ1v) is 10.2. The molecule has 0 bridgehead atoms. The average molecular weight is 390 g/mol. The summed E-state index contributed by atoms with van der Waals surface area (Å²) in [5, 5.41) is 12.5. The van der Waals surface area contributed by atoms with Crippen LogP contribution in [-0.2, 0) is 21.3 Å². The van der Waals surface area contributed by atoms with Gasteiger partial charge in [0.15, 0.2) is 0 Å². The highest BCUT2D eigenvalue weighted by Crippen LogP contribution is 2.22. The van der Waals surface area contributed by atoms with Crippen molar-refractivity contribution in [3.8, 4) is 0 Å². The van der Waals surface area contributed by atoms with Crippen molar-refractivity contribution in [1.82, 2.24) is 4.72 Å². The van der Waals surface area contributed by atoms with Gasteiger partial charge in [0.05, 0.1) is 16.6 Å². The second-order valence-corrected chi connectivity index (χ2v) is 8.11. The van der Waals surface area contributed by atoms with Crippen LogP contribution in [0.25, 0.3) is 0 Å². The highest BCUT2D eigenvalue weighted by molar-refractivity contribution is 7.89. The molecule has 8 heteroatoms. The Kier molecular flexibility index (Phi) is 6.10. The quantitative estimate of drug-likeness (QED) is 0.640. The fourth-order valence-electron chi connectivity index (χ4n) is 2.91. The minimum atomic E-state index is -3.83. The lowest BCUT2D eigenvalue weighted by molar-refractivity contribution is 0.0697. The summed E-state index contributed by atoms with van der Waals surface area (Å²) in [5.41, 5.74) is 1.10. The summed E-state index contributed by atoms with van der Waals surface area (Å²) in [6.07, 6.45) is 1.95. The molecule has 3 rings (SSSR count). The summed E-state index contributed by atoms with van der Waals surface area (Å²) in [5.74, 6) is -1.19. The molecule has 0 aromatic heterocycles. The molecule has 27 heavy (non-hydrogen) atoms. The highest BCUT2D eigenvalue weighted by Gasteiger charge is 2.20. The van der Waals surface area contributed by atoms with Gasteiger partial charge in [-0.25, -0.2) is 17.9 Å². The van der Waals surface area contributed by atoms with Crippen molar-refractivity contribution in [3.63, 3.8) is 0 Å². The summed E-state index contributed by atoms with van der Waals surface area (Å²) >= 11 is 0. The fraction of sp³-hybridized carbons (Fsp3) is 0.316. The Bertz CT molecular complexity index is 894. The molecular weight excluding hydrogens is 368 g/mol. The van der Waals surface area contributed by atoms with Crippen LogP contribution < -0.4 is 10.0 Å². The maximum Gasteiger partial charge on any atom is 0.337 e. The normalized spacial score (nSPS) is 17.0. The van der Waals surface area contributed by atoms with E-state index in [1.165, 1.54) is 18.2 Å². The van der Waals surface area contributed by atoms with Crippen molar-refractivity contribution < 1.29 is 23.1 Å². The molecule has 1 aliphatic rings. The van der Waals surface area contributed by atoms with E-state index in [9.17, 15) is 18.3 Å². The molecular formula is C19H22N2O5S. The number of sulfonamides is 1. The molecule has 2 aromatic rings. The number of rotatable bonds is 8. The number of hydrogen-bond donors (Lipinski definition) is 3. The number of anilines is 1. The molecule has 1 fully saturated rings. The summed E-state index contributed by atoms with van der Waals surface area (Å²) in [6.45, 7) is 1.33. The molecule has 0 spiro atoms. The van der Waals surface area contributed by atoms with Gasteiger partial charge in [0.1, 0.15) is 0 Å². The van der Waals surface area contributed by atoms with Crippen LogP contribution >= 0.6 is 0 Å². The van der Waals surface area contributed by atoms with Crippen LogP contribution in [0.4, 0.5) is 5.69 Å². The van der Waals surface area contributed by atoms with E-state index in [1.54, 1.807) is 0 Å². The van der Waals surface area contributed by atoms with Crippen molar-refractivity contribution in [2.45, 2.75) is 30.4 Å². The Hall–Kier alpha value is -2.42. The van der Waals surface area contributed by atoms with Crippen LogP contribution in [0, 0.1) is 0 Å². The number of carboxylic acids is 1. The Morgan fingerprint density at radius 3 is 2.63 bits per heavy atom. The summed E-state index contributed by atoms with van der Waals surface area (Å²) in [7, 11) is -3.83. The van der Waals surface area contributed by atoms with E-state index in [4.69, 9.17) is 4.74 Å². The van der Waals surface area contributed by atoms with Crippen LogP contribution in [0.5, 0.6) is 0 Å². The topological polar surface area (TPSA) is 105 Å². The summed E-state index contributed by atoms with van der Waals surface area (Å²) in [6, 6.07) is 13.2. The number of benzene rings is 2. The molecule has 2 aromatic carbocycles. The number of hydrogen-bond acceptors (Lipinski definition) is 5. The van der Waals surface area contributed by atoms with Gasteiger partial charge in [0, 0.05) is 25.4 Å². The molecule has 0 amide bonds. The maximum absolute atomic E-state index is 12.5. The SMILES string of the molecule is O=C(O)c1cc(S(=O)(=O)NCc2ccccc2)ccc1NCC1CCCO1. The van der Waals surface area contributed by atoms with Gasteiger partial charge in [-0.3, -0.25) is 0 Å². The van der Waals surface area contributed by atoms with E-state index in [0.29, 0.717) is 18.8 Å². The molecule has 0 aliphatic carbocycles. The Balaban J connectivity index is 1.74. The third kappa shape index (κ3) is 5.06. The lowest BCUT2D eigenvalue weighted by atomic mass is 10.1. The second kappa shape index (κ2) is 8.51. The van der Waals surface area contributed by atoms with Gasteiger partial charge in [0.2, 0.25) is 10.0 Å². The van der Waals surface area contributed by atoms with Crippen LogP contribution in [0.1, 0.15) is 28.8 Å². The first-order valence-electron chi connectivity index (χ1n) is 8.72. The number of nitrogens with one attached hydrogen (secondary N) is 2. The number of aromatic carboxylic acids is 1. The van der Waals surface area contributed by atoms with Gasteiger partial charge in [-0.15, -0.1) is 0 Å². The van der Waals surface area contributed by atoms with Gasteiger partial charge in [-0.1, -0.05) is 30.3 Å². The van der Waals surface area contributed by atoms with Gasteiger partial charge in [-0.05, 0) is 36.6 Å². The molecule has 1 atom stereocenters. The van der Waals surface area contributed by atoms with Crippen molar-refractivity contribution in [3.05, 3.63) is 59.7 Å². The molecule has 3 N–H and O–H groups in total. The molecule has 1 saturated heterocycles. The third-order valence-corrected chi connectivity index (χ3v) is 5.78. The number of carboxylic acid groups (broad SMARTS) is 1. The fourth-order valence-corrected chi connectivity index (χ4v) is 3.95. The minimum Gasteiger partial charge on any atom is -0.478 e. The van der Waals surface area contributed by atoms with Crippen LogP contribution in [-0.4, -0.2) is 38.7 Å². The minimum absolute atomic E-state index is 0.0441. The predicted octanol–water partition coefficient (Wildman–Crippen LogP) is 2.45. The van der Waals surface area contributed by atoms with E-state index >= 15 is 0 Å². The van der Waals surface area contributed by atoms with E-state index in [1.807, 2.05) is 30.3 Å². The van der Waals surface area contributed by atoms with Crippen LogP contribution in [0.15, 0.2) is 53.4 Å². The lowest BCUT2D eigenvalue weighted by Crippen LogP contribution is -2.24. The Morgan fingerprint density at radius 2 is 1.96 bits per heavy atom. The van der Waals surface area contributed by atoms with Gasteiger partial charge < -0.3 is 15.2 Å². The van der Waals surface area contributed by atoms with Crippen LogP contribution in [0.2, 0.25) is 0 Å². The standard InChI is InChI=1S/C19H22N2O5S/c22-19(23)17-11-16(8-9-18(17)20-13-15-7-4-10-26-15)27(24,25)21-12-14-5-2-1-3-6-14/h1-3,5-6,8-9,11,15,20-21H,4,7,10,12-13H2,(H,22,23). The smallest absolute Gasteiger partial charge is 0.337 e. The first-order chi connectivity index (χ1) is 13.0. The Labute approximate surface area is 158 Å². The van der Waals surface area contributed by atoms with Gasteiger partial charge >= 0.3 is 5.97 Å². The largest absolute Gasteiger partial charge is 0.478 e. The molecule has 144 valence electrons. The zero-order valence-corrected chi connectivity index (χ0v) is 15.5. The summed E-state index contributed by atoms with van der Waals surface area (Å²) < 4.78 is 33.0. The number of ether oxygens (including phenoxy) is 1. The molecule has 1 unspecified atom stereocenters.